The maximum atomic E-state index is 12.1. The Kier molecular flexibility index (Phi) is 4.15. The molecule has 24 heavy (non-hydrogen) atoms. The fourth-order valence-corrected chi connectivity index (χ4v) is 2.49. The molecule has 0 radical (unpaired) electrons. The fourth-order valence-electron chi connectivity index (χ4n) is 2.34. The highest BCUT2D eigenvalue weighted by Crippen LogP contribution is 2.28. The Hall–Kier alpha value is -2.60. The lowest BCUT2D eigenvalue weighted by atomic mass is 10.2. The number of hydrogen-bond acceptors (Lipinski definition) is 4. The first-order valence-electron chi connectivity index (χ1n) is 7.42. The van der Waals surface area contributed by atoms with Gasteiger partial charge in [-0.2, -0.15) is 4.98 Å². The first kappa shape index (κ1) is 16.3. The van der Waals surface area contributed by atoms with Crippen molar-refractivity contribution in [2.24, 2.45) is 0 Å². The van der Waals surface area contributed by atoms with E-state index in [0.717, 1.165) is 10.9 Å². The van der Waals surface area contributed by atoms with E-state index in [0.29, 0.717) is 11.5 Å². The number of aromatic nitrogens is 3. The molecule has 0 spiro atoms. The number of nitrogens with zero attached hydrogens (tertiary/aromatic N) is 3. The Labute approximate surface area is 144 Å². The number of carbonyl (C=O) groups excluding carboxylic acids is 1. The van der Waals surface area contributed by atoms with Crippen LogP contribution in [0, 0.1) is 0 Å². The van der Waals surface area contributed by atoms with Crippen LogP contribution in [0.1, 0.15) is 20.8 Å². The highest BCUT2D eigenvalue weighted by Gasteiger charge is 2.18. The van der Waals surface area contributed by atoms with Crippen LogP contribution in [0.15, 0.2) is 42.7 Å². The van der Waals surface area contributed by atoms with Gasteiger partial charge in [-0.1, -0.05) is 18.2 Å². The lowest BCUT2D eigenvalue weighted by Crippen LogP contribution is -2.27. The SMILES string of the molecule is CC(C)(C)OC(=O)Nc1cn(-c2ccnc(Cl)n2)c2ccccc12. The number of amides is 1. The molecule has 0 saturated heterocycles. The number of para-hydroxylation sites is 1. The Morgan fingerprint density at radius 2 is 2.00 bits per heavy atom. The van der Waals surface area contributed by atoms with Gasteiger partial charge < -0.3 is 4.74 Å². The van der Waals surface area contributed by atoms with Crippen LogP contribution in [0.3, 0.4) is 0 Å². The molecule has 0 aliphatic carbocycles. The van der Waals surface area contributed by atoms with Crippen LogP contribution in [0.4, 0.5) is 10.5 Å². The molecule has 0 unspecified atom stereocenters. The molecule has 3 aromatic rings. The third-order valence-corrected chi connectivity index (χ3v) is 3.39. The number of fused-ring (bicyclic) bond motifs is 1. The van der Waals surface area contributed by atoms with Gasteiger partial charge in [0.2, 0.25) is 5.28 Å². The van der Waals surface area contributed by atoms with E-state index in [-0.39, 0.29) is 5.28 Å². The second-order valence-electron chi connectivity index (χ2n) is 6.24. The molecule has 3 rings (SSSR count). The zero-order chi connectivity index (χ0) is 17.3. The van der Waals surface area contributed by atoms with E-state index in [1.54, 1.807) is 18.5 Å². The monoisotopic (exact) mass is 344 g/mol. The summed E-state index contributed by atoms with van der Waals surface area (Å²) >= 11 is 5.88. The summed E-state index contributed by atoms with van der Waals surface area (Å²) < 4.78 is 7.16. The van der Waals surface area contributed by atoms with Crippen molar-refractivity contribution >= 4 is 34.3 Å². The highest BCUT2D eigenvalue weighted by molar-refractivity contribution is 6.28. The second-order valence-corrected chi connectivity index (χ2v) is 6.58. The van der Waals surface area contributed by atoms with Gasteiger partial charge in [0, 0.05) is 17.8 Å². The number of halogens is 1. The van der Waals surface area contributed by atoms with Crippen LogP contribution in [-0.2, 0) is 4.74 Å². The number of rotatable bonds is 2. The van der Waals surface area contributed by atoms with Crippen LogP contribution >= 0.6 is 11.6 Å². The first-order chi connectivity index (χ1) is 11.3. The molecule has 2 heterocycles. The molecule has 0 fully saturated rings. The first-order valence-corrected chi connectivity index (χ1v) is 7.80. The summed E-state index contributed by atoms with van der Waals surface area (Å²) in [5.74, 6) is 0.614. The maximum Gasteiger partial charge on any atom is 0.412 e. The largest absolute Gasteiger partial charge is 0.444 e. The molecule has 0 aliphatic heterocycles. The van der Waals surface area contributed by atoms with Gasteiger partial charge in [0.1, 0.15) is 11.4 Å². The summed E-state index contributed by atoms with van der Waals surface area (Å²) in [5.41, 5.74) is 0.954. The molecule has 1 N–H and O–H groups in total. The van der Waals surface area contributed by atoms with Crippen molar-refractivity contribution in [1.29, 1.82) is 0 Å². The summed E-state index contributed by atoms with van der Waals surface area (Å²) in [5, 5.41) is 3.82. The van der Waals surface area contributed by atoms with Crippen LogP contribution in [0.5, 0.6) is 0 Å². The minimum atomic E-state index is -0.567. The zero-order valence-electron chi connectivity index (χ0n) is 13.6. The van der Waals surface area contributed by atoms with E-state index < -0.39 is 11.7 Å². The van der Waals surface area contributed by atoms with Gasteiger partial charge in [0.25, 0.3) is 0 Å². The Morgan fingerprint density at radius 1 is 1.25 bits per heavy atom. The summed E-state index contributed by atoms with van der Waals surface area (Å²) in [6.45, 7) is 5.45. The zero-order valence-corrected chi connectivity index (χ0v) is 14.3. The number of ether oxygens (including phenoxy) is 1. The maximum absolute atomic E-state index is 12.1. The number of benzene rings is 1. The summed E-state index contributed by atoms with van der Waals surface area (Å²) in [4.78, 5) is 20.2. The quantitative estimate of drug-likeness (QED) is 0.698. The number of hydrogen-bond donors (Lipinski definition) is 1. The topological polar surface area (TPSA) is 69.0 Å². The molecule has 0 saturated carbocycles. The molecule has 0 aliphatic rings. The van der Waals surface area contributed by atoms with Crippen molar-refractivity contribution in [3.05, 3.63) is 48.0 Å². The van der Waals surface area contributed by atoms with Gasteiger partial charge in [-0.25, -0.2) is 9.78 Å². The van der Waals surface area contributed by atoms with Gasteiger partial charge in [0.05, 0.1) is 11.2 Å². The number of nitrogens with one attached hydrogen (secondary N) is 1. The van der Waals surface area contributed by atoms with Gasteiger partial charge in [0.15, 0.2) is 0 Å². The minimum Gasteiger partial charge on any atom is -0.444 e. The molecular formula is C17H17ClN4O2. The predicted molar refractivity (Wildman–Crippen MR) is 93.7 cm³/mol. The van der Waals surface area contributed by atoms with Crippen molar-refractivity contribution < 1.29 is 9.53 Å². The molecule has 0 bridgehead atoms. The normalized spacial score (nSPS) is 11.5. The third-order valence-electron chi connectivity index (χ3n) is 3.21. The van der Waals surface area contributed by atoms with Gasteiger partial charge in [-0.15, -0.1) is 0 Å². The Morgan fingerprint density at radius 3 is 2.71 bits per heavy atom. The van der Waals surface area contributed by atoms with Crippen molar-refractivity contribution in [1.82, 2.24) is 14.5 Å². The van der Waals surface area contributed by atoms with Gasteiger partial charge in [-0.05, 0) is 44.5 Å². The molecule has 124 valence electrons. The molecule has 2 aromatic heterocycles. The number of anilines is 1. The van der Waals surface area contributed by atoms with Crippen LogP contribution in [0.25, 0.3) is 16.7 Å². The van der Waals surface area contributed by atoms with E-state index in [2.05, 4.69) is 15.3 Å². The number of carbonyl (C=O) groups is 1. The van der Waals surface area contributed by atoms with Crippen LogP contribution in [0.2, 0.25) is 5.28 Å². The molecule has 1 aromatic carbocycles. The summed E-state index contributed by atoms with van der Waals surface area (Å²) in [7, 11) is 0. The lowest BCUT2D eigenvalue weighted by Gasteiger charge is -2.19. The molecule has 6 nitrogen and oxygen atoms in total. The van der Waals surface area contributed by atoms with E-state index >= 15 is 0 Å². The van der Waals surface area contributed by atoms with Crippen LogP contribution < -0.4 is 5.32 Å². The molecule has 1 amide bonds. The minimum absolute atomic E-state index is 0.159. The van der Waals surface area contributed by atoms with E-state index in [1.807, 2.05) is 49.6 Å². The smallest absolute Gasteiger partial charge is 0.412 e. The summed E-state index contributed by atoms with van der Waals surface area (Å²) in [6, 6.07) is 9.42. The predicted octanol–water partition coefficient (Wildman–Crippen LogP) is 4.42. The third kappa shape index (κ3) is 3.49. The van der Waals surface area contributed by atoms with E-state index in [1.165, 1.54) is 0 Å². The average molecular weight is 345 g/mol. The molecule has 7 heteroatoms. The van der Waals surface area contributed by atoms with Crippen molar-refractivity contribution in [3.8, 4) is 5.82 Å². The average Bonchev–Trinajstić information content (AvgIpc) is 2.84. The fraction of sp³-hybridized carbons (Fsp3) is 0.235. The Balaban J connectivity index is 2.02. The van der Waals surface area contributed by atoms with Crippen molar-refractivity contribution in [3.63, 3.8) is 0 Å². The van der Waals surface area contributed by atoms with E-state index in [4.69, 9.17) is 16.3 Å². The van der Waals surface area contributed by atoms with Gasteiger partial charge in [-0.3, -0.25) is 9.88 Å². The highest BCUT2D eigenvalue weighted by atomic mass is 35.5. The second kappa shape index (κ2) is 6.13. The van der Waals surface area contributed by atoms with E-state index in [9.17, 15) is 4.79 Å². The summed E-state index contributed by atoms with van der Waals surface area (Å²) in [6.07, 6.45) is 2.86. The van der Waals surface area contributed by atoms with Crippen LogP contribution in [-0.4, -0.2) is 26.2 Å². The lowest BCUT2D eigenvalue weighted by molar-refractivity contribution is 0.0636. The Bertz CT molecular complexity index is 899. The van der Waals surface area contributed by atoms with Crippen molar-refractivity contribution in [2.45, 2.75) is 26.4 Å². The molecule has 0 atom stereocenters. The molecular weight excluding hydrogens is 328 g/mol. The standard InChI is InChI=1S/C17H17ClN4O2/c1-17(2,3)24-16(23)20-12-10-22(13-7-5-4-6-11(12)13)14-8-9-19-15(18)21-14/h4-10H,1-3H3,(H,20,23). The van der Waals surface area contributed by atoms with Crippen molar-refractivity contribution in [2.75, 3.05) is 5.32 Å². The van der Waals surface area contributed by atoms with Gasteiger partial charge >= 0.3 is 6.09 Å².